The van der Waals surface area contributed by atoms with Crippen molar-refractivity contribution in [3.05, 3.63) is 0 Å². The zero-order chi connectivity index (χ0) is 11.5. The Bertz CT molecular complexity index is 223. The second-order valence-corrected chi connectivity index (χ2v) is 5.05. The second-order valence-electron chi connectivity index (χ2n) is 5.05. The van der Waals surface area contributed by atoms with Crippen molar-refractivity contribution in [2.75, 3.05) is 19.6 Å². The number of amides is 1. The number of nitrogens with zero attached hydrogens (tertiary/aromatic N) is 1. The van der Waals surface area contributed by atoms with E-state index in [2.05, 4.69) is 12.2 Å². The lowest BCUT2D eigenvalue weighted by Gasteiger charge is -2.34. The molecule has 1 aliphatic heterocycles. The largest absolute Gasteiger partial charge is 0.444 e. The van der Waals surface area contributed by atoms with Crippen molar-refractivity contribution >= 4 is 6.09 Å². The van der Waals surface area contributed by atoms with Gasteiger partial charge in [-0.2, -0.15) is 0 Å². The minimum Gasteiger partial charge on any atom is -0.444 e. The number of ether oxygens (including phenoxy) is 1. The average molecular weight is 215 g/mol. The number of hydrogen-bond acceptors (Lipinski definition) is 2. The van der Waals surface area contributed by atoms with Crippen LogP contribution in [0.1, 0.15) is 34.1 Å². The van der Waals surface area contributed by atoms with Gasteiger partial charge in [-0.25, -0.2) is 4.79 Å². The Hall–Kier alpha value is -0.770. The van der Waals surface area contributed by atoms with Gasteiger partial charge in [0, 0.05) is 0 Å². The molecule has 1 amide bonds. The molecule has 1 fully saturated rings. The number of hydrogen-bond donors (Lipinski definition) is 1. The third kappa shape index (κ3) is 3.70. The molecule has 0 saturated carbocycles. The quantitative estimate of drug-likeness (QED) is 0.695. The molecule has 0 unspecified atom stereocenters. The van der Waals surface area contributed by atoms with Gasteiger partial charge in [0.15, 0.2) is 0 Å². The van der Waals surface area contributed by atoms with Gasteiger partial charge in [0.25, 0.3) is 0 Å². The molecule has 4 heteroatoms. The predicted octanol–water partition coefficient (Wildman–Crippen LogP) is 0.579. The van der Waals surface area contributed by atoms with Crippen molar-refractivity contribution < 1.29 is 14.8 Å². The Labute approximate surface area is 92.0 Å². The van der Waals surface area contributed by atoms with Gasteiger partial charge < -0.3 is 10.1 Å². The van der Waals surface area contributed by atoms with Crippen LogP contribution >= 0.6 is 0 Å². The Morgan fingerprint density at radius 1 is 1.53 bits per heavy atom. The molecule has 0 radical (unpaired) electrons. The van der Waals surface area contributed by atoms with Crippen LogP contribution in [0.15, 0.2) is 0 Å². The first-order chi connectivity index (χ1) is 6.94. The fourth-order valence-corrected chi connectivity index (χ4v) is 1.80. The zero-order valence-electron chi connectivity index (χ0n) is 10.2. The molecular formula is C11H23N2O2+. The molecule has 0 spiro atoms. The van der Waals surface area contributed by atoms with Crippen molar-refractivity contribution in [1.29, 1.82) is 0 Å². The van der Waals surface area contributed by atoms with Crippen molar-refractivity contribution in [2.45, 2.75) is 45.8 Å². The SMILES string of the molecule is CC[C@@H]1C[NH2+]CCN1C(=O)OC(C)(C)C. The number of piperazine rings is 1. The van der Waals surface area contributed by atoms with E-state index in [0.717, 1.165) is 26.1 Å². The first kappa shape index (κ1) is 12.3. The maximum Gasteiger partial charge on any atom is 0.410 e. The van der Waals surface area contributed by atoms with Crippen molar-refractivity contribution in [3.63, 3.8) is 0 Å². The van der Waals surface area contributed by atoms with Gasteiger partial charge in [-0.3, -0.25) is 4.90 Å². The van der Waals surface area contributed by atoms with E-state index in [0.29, 0.717) is 6.04 Å². The molecule has 1 saturated heterocycles. The smallest absolute Gasteiger partial charge is 0.410 e. The average Bonchev–Trinajstić information content (AvgIpc) is 2.15. The van der Waals surface area contributed by atoms with E-state index in [9.17, 15) is 4.79 Å². The van der Waals surface area contributed by atoms with E-state index in [1.807, 2.05) is 25.7 Å². The summed E-state index contributed by atoms with van der Waals surface area (Å²) in [6.07, 6.45) is 0.831. The highest BCUT2D eigenvalue weighted by Gasteiger charge is 2.30. The standard InChI is InChI=1S/C11H22N2O2/c1-5-9-8-12-6-7-13(9)10(14)15-11(2,3)4/h9,12H,5-8H2,1-4H3/p+1/t9-/m1/s1. The molecule has 0 aromatic carbocycles. The van der Waals surface area contributed by atoms with E-state index in [1.54, 1.807) is 0 Å². The van der Waals surface area contributed by atoms with E-state index >= 15 is 0 Å². The molecule has 0 aromatic rings. The van der Waals surface area contributed by atoms with Crippen molar-refractivity contribution in [3.8, 4) is 0 Å². The molecule has 0 bridgehead atoms. The van der Waals surface area contributed by atoms with Crippen LogP contribution in [0.5, 0.6) is 0 Å². The highest BCUT2D eigenvalue weighted by molar-refractivity contribution is 5.68. The molecule has 2 N–H and O–H groups in total. The lowest BCUT2D eigenvalue weighted by molar-refractivity contribution is -0.667. The van der Waals surface area contributed by atoms with E-state index < -0.39 is 5.60 Å². The second kappa shape index (κ2) is 4.84. The highest BCUT2D eigenvalue weighted by atomic mass is 16.6. The normalized spacial score (nSPS) is 22.7. The number of rotatable bonds is 1. The maximum absolute atomic E-state index is 11.9. The van der Waals surface area contributed by atoms with Crippen LogP contribution in [0.25, 0.3) is 0 Å². The van der Waals surface area contributed by atoms with Gasteiger partial charge in [-0.1, -0.05) is 6.92 Å². The van der Waals surface area contributed by atoms with Crippen molar-refractivity contribution in [2.24, 2.45) is 0 Å². The molecule has 0 aliphatic carbocycles. The van der Waals surface area contributed by atoms with Crippen LogP contribution in [-0.2, 0) is 4.74 Å². The fraction of sp³-hybridized carbons (Fsp3) is 0.909. The monoisotopic (exact) mass is 215 g/mol. The van der Waals surface area contributed by atoms with Gasteiger partial charge in [0.05, 0.1) is 25.7 Å². The van der Waals surface area contributed by atoms with Crippen LogP contribution < -0.4 is 5.32 Å². The molecule has 1 aliphatic rings. The Kier molecular flexibility index (Phi) is 3.97. The van der Waals surface area contributed by atoms with Gasteiger partial charge >= 0.3 is 6.09 Å². The molecule has 1 rings (SSSR count). The lowest BCUT2D eigenvalue weighted by Crippen LogP contribution is -2.91. The summed E-state index contributed by atoms with van der Waals surface area (Å²) in [5.74, 6) is 0. The van der Waals surface area contributed by atoms with Gasteiger partial charge in [-0.05, 0) is 27.2 Å². The van der Waals surface area contributed by atoms with Crippen molar-refractivity contribution in [1.82, 2.24) is 4.90 Å². The Morgan fingerprint density at radius 2 is 2.20 bits per heavy atom. The third-order valence-electron chi connectivity index (χ3n) is 2.55. The Balaban J connectivity index is 2.56. The molecule has 1 heterocycles. The summed E-state index contributed by atoms with van der Waals surface area (Å²) in [6, 6.07) is 0.327. The third-order valence-corrected chi connectivity index (χ3v) is 2.55. The van der Waals surface area contributed by atoms with Gasteiger partial charge in [0.2, 0.25) is 0 Å². The molecular weight excluding hydrogens is 192 g/mol. The van der Waals surface area contributed by atoms with Crippen LogP contribution in [-0.4, -0.2) is 42.3 Å². The number of nitrogens with two attached hydrogens (primary N) is 1. The summed E-state index contributed by atoms with van der Waals surface area (Å²) in [6.45, 7) is 10.6. The number of carbonyl (C=O) groups is 1. The van der Waals surface area contributed by atoms with Crippen LogP contribution in [0.3, 0.4) is 0 Å². The molecule has 4 nitrogen and oxygen atoms in total. The lowest BCUT2D eigenvalue weighted by atomic mass is 10.1. The topological polar surface area (TPSA) is 46.2 Å². The van der Waals surface area contributed by atoms with E-state index in [4.69, 9.17) is 4.74 Å². The first-order valence-electron chi connectivity index (χ1n) is 5.75. The molecule has 0 aromatic heterocycles. The summed E-state index contributed by atoms with van der Waals surface area (Å²) in [7, 11) is 0. The number of carbonyl (C=O) groups excluding carboxylic acids is 1. The summed E-state index contributed by atoms with van der Waals surface area (Å²) >= 11 is 0. The minimum atomic E-state index is -0.392. The van der Waals surface area contributed by atoms with E-state index in [1.165, 1.54) is 0 Å². The predicted molar refractivity (Wildman–Crippen MR) is 58.7 cm³/mol. The van der Waals surface area contributed by atoms with Crippen LogP contribution in [0, 0.1) is 0 Å². The summed E-state index contributed by atoms with van der Waals surface area (Å²) in [5.41, 5.74) is -0.392. The summed E-state index contributed by atoms with van der Waals surface area (Å²) < 4.78 is 5.38. The van der Waals surface area contributed by atoms with Gasteiger partial charge in [0.1, 0.15) is 5.60 Å². The maximum atomic E-state index is 11.9. The van der Waals surface area contributed by atoms with Crippen LogP contribution in [0.2, 0.25) is 0 Å². The molecule has 15 heavy (non-hydrogen) atoms. The first-order valence-corrected chi connectivity index (χ1v) is 5.75. The van der Waals surface area contributed by atoms with Crippen LogP contribution in [0.4, 0.5) is 4.79 Å². The Morgan fingerprint density at radius 3 is 2.73 bits per heavy atom. The summed E-state index contributed by atoms with van der Waals surface area (Å²) in [4.78, 5) is 13.7. The zero-order valence-corrected chi connectivity index (χ0v) is 10.2. The van der Waals surface area contributed by atoms with Gasteiger partial charge in [-0.15, -0.1) is 0 Å². The minimum absolute atomic E-state index is 0.164. The summed E-state index contributed by atoms with van der Waals surface area (Å²) in [5, 5.41) is 2.26. The van der Waals surface area contributed by atoms with E-state index in [-0.39, 0.29) is 6.09 Å². The highest BCUT2D eigenvalue weighted by Crippen LogP contribution is 2.13. The fourth-order valence-electron chi connectivity index (χ4n) is 1.80. The number of quaternary nitrogens is 1. The molecule has 1 atom stereocenters. The molecule has 88 valence electrons.